The second-order valence-electron chi connectivity index (χ2n) is 1.72. The van der Waals surface area contributed by atoms with Crippen molar-refractivity contribution in [3.05, 3.63) is 0 Å². The molecule has 0 heterocycles. The molecule has 0 aliphatic carbocycles. The zero-order valence-electron chi connectivity index (χ0n) is 7.89. The van der Waals surface area contributed by atoms with E-state index >= 15 is 0 Å². The maximum absolute atomic E-state index is 8.03. The Hall–Kier alpha value is -3.66. The molecule has 16 heavy (non-hydrogen) atoms. The van der Waals surface area contributed by atoms with Crippen molar-refractivity contribution in [1.82, 2.24) is 0 Å². The van der Waals surface area contributed by atoms with E-state index < -0.39 is 0 Å². The number of hydrogen-bond donors (Lipinski definition) is 0. The molecule has 0 saturated carbocycles. The fourth-order valence-corrected chi connectivity index (χ4v) is 0.368. The van der Waals surface area contributed by atoms with Crippen LogP contribution in [0.2, 0.25) is 0 Å². The summed E-state index contributed by atoms with van der Waals surface area (Å²) < 4.78 is 0. The van der Waals surface area contributed by atoms with Gasteiger partial charge in [0.25, 0.3) is 0 Å². The van der Waals surface area contributed by atoms with E-state index in [0.717, 1.165) is 0 Å². The Balaban J connectivity index is 4.26. The lowest BCUT2D eigenvalue weighted by molar-refractivity contribution is 1.55. The molecule has 2 heteroatoms. The van der Waals surface area contributed by atoms with Gasteiger partial charge in [-0.15, -0.1) is 0 Å². The minimum atomic E-state index is 1.61. The molecule has 0 radical (unpaired) electrons. The highest BCUT2D eigenvalue weighted by Crippen LogP contribution is 1.56. The van der Waals surface area contributed by atoms with Crippen LogP contribution in [0.4, 0.5) is 0 Å². The van der Waals surface area contributed by atoms with Gasteiger partial charge in [0.05, 0.1) is 0 Å². The van der Waals surface area contributed by atoms with E-state index in [1.807, 2.05) is 0 Å². The van der Waals surface area contributed by atoms with Crippen molar-refractivity contribution in [3.63, 3.8) is 0 Å². The normalized spacial score (nSPS) is 3.62. The van der Waals surface area contributed by atoms with Gasteiger partial charge in [0.15, 0.2) is 12.1 Å². The summed E-state index contributed by atoms with van der Waals surface area (Å²) in [5, 5.41) is 16.1. The number of rotatable bonds is 0. The zero-order valence-corrected chi connectivity index (χ0v) is 7.89. The Morgan fingerprint density at radius 3 is 0.688 bits per heavy atom. The molecule has 0 N–H and O–H groups in total. The fraction of sp³-hybridized carbons (Fsp3) is 0. The molecule has 0 amide bonds. The van der Waals surface area contributed by atoms with Crippen LogP contribution in [0.15, 0.2) is 0 Å². The van der Waals surface area contributed by atoms with Gasteiger partial charge in [0, 0.05) is 71.0 Å². The second kappa shape index (κ2) is 11.3. The van der Waals surface area contributed by atoms with E-state index in [2.05, 4.69) is 71.0 Å². The maximum Gasteiger partial charge on any atom is 0.153 e. The summed E-state index contributed by atoms with van der Waals surface area (Å²) in [5.41, 5.74) is 0. The van der Waals surface area contributed by atoms with Gasteiger partial charge in [-0.25, -0.2) is 0 Å². The van der Waals surface area contributed by atoms with Gasteiger partial charge in [0.1, 0.15) is 0 Å². The molecule has 0 aromatic heterocycles. The SMILES string of the molecule is N#CC#CC#CC#CC#CC#CC#CC#N. The van der Waals surface area contributed by atoms with Gasteiger partial charge in [0.2, 0.25) is 0 Å². The minimum absolute atomic E-state index is 1.61. The van der Waals surface area contributed by atoms with E-state index in [0.29, 0.717) is 0 Å². The Morgan fingerprint density at radius 1 is 0.312 bits per heavy atom. The summed E-state index contributed by atoms with van der Waals surface area (Å²) in [7, 11) is 0. The van der Waals surface area contributed by atoms with E-state index in [9.17, 15) is 0 Å². The predicted octanol–water partition coefficient (Wildman–Crippen LogP) is 0.0540. The average Bonchev–Trinajstić information content (AvgIpc) is 2.31. The van der Waals surface area contributed by atoms with Crippen LogP contribution in [0.25, 0.3) is 0 Å². The van der Waals surface area contributed by atoms with Gasteiger partial charge in [-0.2, -0.15) is 10.5 Å². The summed E-state index contributed by atoms with van der Waals surface area (Å²) in [4.78, 5) is 0. The van der Waals surface area contributed by atoms with Gasteiger partial charge in [-0.05, 0) is 0 Å². The summed E-state index contributed by atoms with van der Waals surface area (Å²) in [6.45, 7) is 0. The van der Waals surface area contributed by atoms with E-state index in [4.69, 9.17) is 10.5 Å². The number of nitrogens with zero attached hydrogens (tertiary/aromatic N) is 2. The van der Waals surface area contributed by atoms with Crippen LogP contribution in [0, 0.1) is 93.7 Å². The molecule has 0 aromatic rings. The molecule has 0 atom stereocenters. The van der Waals surface area contributed by atoms with Crippen LogP contribution < -0.4 is 0 Å². The maximum atomic E-state index is 8.03. The smallest absolute Gasteiger partial charge is 0.153 e. The van der Waals surface area contributed by atoms with Crippen molar-refractivity contribution < 1.29 is 0 Å². The Bertz CT molecular complexity index is 636. The van der Waals surface area contributed by atoms with Crippen molar-refractivity contribution in [3.8, 4) is 83.2 Å². The largest absolute Gasteiger partial charge is 0.183 e. The molecule has 0 saturated heterocycles. The van der Waals surface area contributed by atoms with Crippen molar-refractivity contribution in [2.24, 2.45) is 0 Å². The lowest BCUT2D eigenvalue weighted by Gasteiger charge is -1.55. The third kappa shape index (κ3) is 10.3. The van der Waals surface area contributed by atoms with Gasteiger partial charge >= 0.3 is 0 Å². The standard InChI is InChI=1S/C14N2/c15-13-11-9-7-5-3-1-2-4-6-8-10-12-14-16. The molecule has 0 aliphatic rings. The first-order chi connectivity index (χ1) is 7.91. The third-order valence-electron chi connectivity index (χ3n) is 0.799. The van der Waals surface area contributed by atoms with Gasteiger partial charge < -0.3 is 0 Å². The summed E-state index contributed by atoms with van der Waals surface area (Å²) in [6, 6.07) is 3.22. The molecule has 0 bridgehead atoms. The van der Waals surface area contributed by atoms with Crippen LogP contribution in [-0.4, -0.2) is 0 Å². The van der Waals surface area contributed by atoms with Crippen molar-refractivity contribution >= 4 is 0 Å². The monoisotopic (exact) mass is 196 g/mol. The summed E-state index contributed by atoms with van der Waals surface area (Å²) >= 11 is 0. The first kappa shape index (κ1) is 12.3. The van der Waals surface area contributed by atoms with Crippen molar-refractivity contribution in [2.45, 2.75) is 0 Å². The fourth-order valence-electron chi connectivity index (χ4n) is 0.368. The Morgan fingerprint density at radius 2 is 0.500 bits per heavy atom. The van der Waals surface area contributed by atoms with Crippen molar-refractivity contribution in [1.29, 1.82) is 10.5 Å². The summed E-state index contributed by atoms with van der Waals surface area (Å²) in [5.74, 6) is 27.7. The number of hydrogen-bond acceptors (Lipinski definition) is 2. The predicted molar refractivity (Wildman–Crippen MR) is 57.9 cm³/mol. The first-order valence-electron chi connectivity index (χ1n) is 3.70. The third-order valence-corrected chi connectivity index (χ3v) is 0.799. The van der Waals surface area contributed by atoms with E-state index in [1.54, 1.807) is 12.1 Å². The highest BCUT2D eigenvalue weighted by atomic mass is 14.2. The average molecular weight is 196 g/mol. The molecule has 0 unspecified atom stereocenters. The van der Waals surface area contributed by atoms with E-state index in [-0.39, 0.29) is 0 Å². The molecule has 0 aliphatic heterocycles. The molecule has 0 rings (SSSR count). The van der Waals surface area contributed by atoms with Gasteiger partial charge in [-0.3, -0.25) is 0 Å². The number of nitriles is 2. The van der Waals surface area contributed by atoms with Crippen LogP contribution in [-0.2, 0) is 0 Å². The summed E-state index contributed by atoms with van der Waals surface area (Å²) in [6.07, 6.45) is 0. The molecule has 0 fully saturated rings. The topological polar surface area (TPSA) is 47.6 Å². The first-order valence-corrected chi connectivity index (χ1v) is 3.70. The second-order valence-corrected chi connectivity index (χ2v) is 1.72. The Labute approximate surface area is 94.3 Å². The lowest BCUT2D eigenvalue weighted by Crippen LogP contribution is -1.55. The highest BCUT2D eigenvalue weighted by molar-refractivity contribution is 5.45. The van der Waals surface area contributed by atoms with Crippen LogP contribution in [0.1, 0.15) is 0 Å². The van der Waals surface area contributed by atoms with Crippen molar-refractivity contribution in [2.75, 3.05) is 0 Å². The zero-order chi connectivity index (χ0) is 11.9. The highest BCUT2D eigenvalue weighted by Gasteiger charge is 1.57. The molecule has 0 aromatic carbocycles. The Kier molecular flexibility index (Phi) is 8.75. The van der Waals surface area contributed by atoms with E-state index in [1.165, 1.54) is 0 Å². The minimum Gasteiger partial charge on any atom is -0.183 e. The quantitative estimate of drug-likeness (QED) is 0.514. The van der Waals surface area contributed by atoms with Crippen LogP contribution in [0.3, 0.4) is 0 Å². The van der Waals surface area contributed by atoms with Gasteiger partial charge in [-0.1, -0.05) is 0 Å². The molecular formula is C14N2. The molecule has 66 valence electrons. The molecule has 0 spiro atoms. The lowest BCUT2D eigenvalue weighted by atomic mass is 10.5. The molecular weight excluding hydrogens is 196 g/mol. The van der Waals surface area contributed by atoms with Crippen LogP contribution in [0.5, 0.6) is 0 Å². The van der Waals surface area contributed by atoms with Crippen LogP contribution >= 0.6 is 0 Å². The molecule has 2 nitrogen and oxygen atoms in total.